The number of hydrogen-bond donors (Lipinski definition) is 2. The molecule has 1 aromatic heterocycles. The fraction of sp³-hybridized carbons (Fsp3) is 0.364. The van der Waals surface area contributed by atoms with Gasteiger partial charge in [0, 0.05) is 26.2 Å². The van der Waals surface area contributed by atoms with Gasteiger partial charge < -0.3 is 10.4 Å². The van der Waals surface area contributed by atoms with Gasteiger partial charge in [0.2, 0.25) is 11.5 Å². The summed E-state index contributed by atoms with van der Waals surface area (Å²) in [6.45, 7) is 2.29. The molecule has 0 saturated heterocycles. The van der Waals surface area contributed by atoms with Crippen molar-refractivity contribution in [1.82, 2.24) is 15.2 Å². The lowest BCUT2D eigenvalue weighted by Gasteiger charge is -2.29. The van der Waals surface area contributed by atoms with Crippen LogP contribution in [0.4, 0.5) is 13.2 Å². The Morgan fingerprint density at radius 1 is 1.13 bits per heavy atom. The van der Waals surface area contributed by atoms with Crippen molar-refractivity contribution in [2.24, 2.45) is 0 Å². The molecule has 1 amide bonds. The van der Waals surface area contributed by atoms with E-state index in [9.17, 15) is 23.1 Å². The van der Waals surface area contributed by atoms with E-state index < -0.39 is 29.1 Å². The predicted molar refractivity (Wildman–Crippen MR) is 113 cm³/mol. The van der Waals surface area contributed by atoms with E-state index in [0.717, 1.165) is 30.8 Å². The SMILES string of the molecule is O=C(CC(O)(c1nc2ccccc2s1)C(F)(F)F)NCCN1CCc2ccccc2C1. The highest BCUT2D eigenvalue weighted by Gasteiger charge is 2.58. The molecule has 0 aliphatic carbocycles. The molecule has 4 rings (SSSR count). The fourth-order valence-electron chi connectivity index (χ4n) is 3.74. The molecular weight excluding hydrogens is 427 g/mol. The summed E-state index contributed by atoms with van der Waals surface area (Å²) in [5.74, 6) is -0.864. The van der Waals surface area contributed by atoms with Gasteiger partial charge >= 0.3 is 6.18 Å². The summed E-state index contributed by atoms with van der Waals surface area (Å²) in [4.78, 5) is 18.4. The molecule has 2 aromatic carbocycles. The number of aromatic nitrogens is 1. The zero-order valence-electron chi connectivity index (χ0n) is 16.7. The average Bonchev–Trinajstić information content (AvgIpc) is 3.17. The number of halogens is 3. The maximum absolute atomic E-state index is 13.8. The van der Waals surface area contributed by atoms with Crippen LogP contribution in [0.5, 0.6) is 0 Å². The Morgan fingerprint density at radius 2 is 1.84 bits per heavy atom. The molecule has 1 unspecified atom stereocenters. The van der Waals surface area contributed by atoms with E-state index in [-0.39, 0.29) is 6.54 Å². The first-order valence-corrected chi connectivity index (χ1v) is 10.8. The minimum atomic E-state index is -5.03. The number of fused-ring (bicyclic) bond motifs is 2. The molecule has 2 N–H and O–H groups in total. The monoisotopic (exact) mass is 449 g/mol. The third-order valence-corrected chi connectivity index (χ3v) is 6.68. The van der Waals surface area contributed by atoms with Crippen LogP contribution in [0, 0.1) is 0 Å². The normalized spacial score (nSPS) is 16.6. The third-order valence-electron chi connectivity index (χ3n) is 5.49. The smallest absolute Gasteiger partial charge is 0.374 e. The molecule has 164 valence electrons. The Kier molecular flexibility index (Phi) is 6.00. The number of carbonyl (C=O) groups is 1. The summed E-state index contributed by atoms with van der Waals surface area (Å²) in [7, 11) is 0. The Bertz CT molecular complexity index is 1050. The summed E-state index contributed by atoms with van der Waals surface area (Å²) in [5.41, 5.74) is -0.447. The van der Waals surface area contributed by atoms with Crippen LogP contribution in [-0.2, 0) is 23.4 Å². The zero-order chi connectivity index (χ0) is 22.1. The second-order valence-electron chi connectivity index (χ2n) is 7.67. The molecule has 9 heteroatoms. The topological polar surface area (TPSA) is 65.5 Å². The fourth-order valence-corrected chi connectivity index (χ4v) is 4.81. The van der Waals surface area contributed by atoms with Gasteiger partial charge in [-0.05, 0) is 29.7 Å². The molecule has 2 heterocycles. The molecule has 0 saturated carbocycles. The number of benzene rings is 2. The summed E-state index contributed by atoms with van der Waals surface area (Å²) >= 11 is 0.744. The molecule has 0 bridgehead atoms. The first-order chi connectivity index (χ1) is 14.8. The van der Waals surface area contributed by atoms with Crippen LogP contribution >= 0.6 is 11.3 Å². The summed E-state index contributed by atoms with van der Waals surface area (Å²) in [6.07, 6.45) is -5.26. The summed E-state index contributed by atoms with van der Waals surface area (Å²) < 4.78 is 41.8. The number of para-hydroxylation sites is 1. The lowest BCUT2D eigenvalue weighted by atomic mass is 9.99. The average molecular weight is 449 g/mol. The van der Waals surface area contributed by atoms with Crippen LogP contribution in [0.3, 0.4) is 0 Å². The van der Waals surface area contributed by atoms with Gasteiger partial charge in [-0.2, -0.15) is 13.2 Å². The van der Waals surface area contributed by atoms with E-state index in [1.165, 1.54) is 11.1 Å². The van der Waals surface area contributed by atoms with Crippen molar-refractivity contribution < 1.29 is 23.1 Å². The lowest BCUT2D eigenvalue weighted by molar-refractivity contribution is -0.267. The molecule has 3 aromatic rings. The molecule has 1 aliphatic heterocycles. The lowest BCUT2D eigenvalue weighted by Crippen LogP contribution is -2.47. The number of hydrogen-bond acceptors (Lipinski definition) is 5. The number of thiazole rings is 1. The number of rotatable bonds is 6. The molecule has 5 nitrogen and oxygen atoms in total. The van der Waals surface area contributed by atoms with Crippen LogP contribution in [0.15, 0.2) is 48.5 Å². The van der Waals surface area contributed by atoms with Crippen LogP contribution in [0.2, 0.25) is 0 Å². The van der Waals surface area contributed by atoms with Crippen LogP contribution in [0.25, 0.3) is 10.2 Å². The molecule has 0 radical (unpaired) electrons. The van der Waals surface area contributed by atoms with Crippen molar-refractivity contribution in [3.05, 3.63) is 64.7 Å². The van der Waals surface area contributed by atoms with Crippen molar-refractivity contribution in [1.29, 1.82) is 0 Å². The van der Waals surface area contributed by atoms with Gasteiger partial charge in [-0.3, -0.25) is 9.69 Å². The van der Waals surface area contributed by atoms with Gasteiger partial charge in [0.25, 0.3) is 0 Å². The maximum Gasteiger partial charge on any atom is 0.424 e. The number of carbonyl (C=O) groups excluding carboxylic acids is 1. The minimum absolute atomic E-state index is 0.203. The van der Waals surface area contributed by atoms with Crippen LogP contribution in [0.1, 0.15) is 22.6 Å². The first kappa shape index (κ1) is 21.7. The number of aliphatic hydroxyl groups is 1. The van der Waals surface area contributed by atoms with E-state index in [0.29, 0.717) is 16.8 Å². The van der Waals surface area contributed by atoms with Crippen molar-refractivity contribution >= 4 is 27.5 Å². The van der Waals surface area contributed by atoms with Gasteiger partial charge in [-0.1, -0.05) is 36.4 Å². The Hall–Kier alpha value is -2.49. The van der Waals surface area contributed by atoms with Gasteiger partial charge in [0.1, 0.15) is 5.01 Å². The summed E-state index contributed by atoms with van der Waals surface area (Å²) in [5, 5.41) is 12.5. The summed E-state index contributed by atoms with van der Waals surface area (Å²) in [6, 6.07) is 14.7. The number of nitrogens with one attached hydrogen (secondary N) is 1. The van der Waals surface area contributed by atoms with Gasteiger partial charge in [-0.25, -0.2) is 4.98 Å². The van der Waals surface area contributed by atoms with Crippen molar-refractivity contribution in [3.63, 3.8) is 0 Å². The van der Waals surface area contributed by atoms with Crippen molar-refractivity contribution in [3.8, 4) is 0 Å². The molecule has 1 aliphatic rings. The largest absolute Gasteiger partial charge is 0.424 e. The second-order valence-corrected chi connectivity index (χ2v) is 8.70. The van der Waals surface area contributed by atoms with E-state index in [1.54, 1.807) is 24.3 Å². The quantitative estimate of drug-likeness (QED) is 0.604. The first-order valence-electron chi connectivity index (χ1n) is 9.97. The second kappa shape index (κ2) is 8.57. The molecule has 1 atom stereocenters. The zero-order valence-corrected chi connectivity index (χ0v) is 17.5. The van der Waals surface area contributed by atoms with E-state index >= 15 is 0 Å². The standard InChI is InChI=1S/C22H22F3N3O2S/c23-22(24,25)21(30,20-27-17-7-3-4-8-18(17)31-20)13-19(29)26-10-12-28-11-9-15-5-1-2-6-16(15)14-28/h1-8,30H,9-14H2,(H,26,29). The van der Waals surface area contributed by atoms with E-state index in [4.69, 9.17) is 0 Å². The van der Waals surface area contributed by atoms with Gasteiger partial charge in [0.15, 0.2) is 0 Å². The Morgan fingerprint density at radius 3 is 2.58 bits per heavy atom. The number of alkyl halides is 3. The number of amides is 1. The Labute approximate surface area is 181 Å². The maximum atomic E-state index is 13.8. The van der Waals surface area contributed by atoms with Crippen molar-refractivity contribution in [2.75, 3.05) is 19.6 Å². The molecule has 0 spiro atoms. The van der Waals surface area contributed by atoms with Gasteiger partial charge in [-0.15, -0.1) is 11.3 Å². The molecular formula is C22H22F3N3O2S. The van der Waals surface area contributed by atoms with E-state index in [2.05, 4.69) is 27.3 Å². The predicted octanol–water partition coefficient (Wildman–Crippen LogP) is 3.61. The Balaban J connectivity index is 1.38. The molecule has 0 fully saturated rings. The highest BCUT2D eigenvalue weighted by molar-refractivity contribution is 7.18. The van der Waals surface area contributed by atoms with Crippen LogP contribution in [-0.4, -0.2) is 46.7 Å². The highest BCUT2D eigenvalue weighted by atomic mass is 32.1. The minimum Gasteiger partial charge on any atom is -0.374 e. The third kappa shape index (κ3) is 4.58. The van der Waals surface area contributed by atoms with Crippen molar-refractivity contribution in [2.45, 2.75) is 31.2 Å². The van der Waals surface area contributed by atoms with Crippen LogP contribution < -0.4 is 5.32 Å². The highest BCUT2D eigenvalue weighted by Crippen LogP contribution is 2.44. The molecule has 31 heavy (non-hydrogen) atoms. The van der Waals surface area contributed by atoms with E-state index in [1.807, 2.05) is 12.1 Å². The number of nitrogens with zero attached hydrogens (tertiary/aromatic N) is 2. The van der Waals surface area contributed by atoms with Gasteiger partial charge in [0.05, 0.1) is 16.6 Å².